The largest absolute Gasteiger partial charge is 0.394 e. The number of ether oxygens (including phenoxy) is 1. The fraction of sp³-hybridized carbons (Fsp3) is 0.409. The molecule has 7 nitrogen and oxygen atoms in total. The number of pyridine rings is 1. The molecule has 7 heteroatoms. The van der Waals surface area contributed by atoms with Crippen LogP contribution in [-0.4, -0.2) is 46.8 Å². The van der Waals surface area contributed by atoms with Crippen molar-refractivity contribution in [2.45, 2.75) is 50.5 Å². The Kier molecular flexibility index (Phi) is 7.32. The Hall–Kier alpha value is -2.77. The van der Waals surface area contributed by atoms with Gasteiger partial charge < -0.3 is 20.5 Å². The smallest absolute Gasteiger partial charge is 0.253 e. The molecule has 154 valence electrons. The van der Waals surface area contributed by atoms with E-state index in [-0.39, 0.29) is 43.0 Å². The lowest BCUT2D eigenvalue weighted by molar-refractivity contribution is -0.131. The Balaban J connectivity index is 1.50. The van der Waals surface area contributed by atoms with Gasteiger partial charge in [0, 0.05) is 12.4 Å². The van der Waals surface area contributed by atoms with Gasteiger partial charge in [0.1, 0.15) is 6.10 Å². The van der Waals surface area contributed by atoms with Crippen LogP contribution in [-0.2, 0) is 9.53 Å². The third kappa shape index (κ3) is 5.85. The molecule has 0 aliphatic carbocycles. The van der Waals surface area contributed by atoms with E-state index in [4.69, 9.17) is 4.74 Å². The van der Waals surface area contributed by atoms with Crippen LogP contribution >= 0.6 is 0 Å². The van der Waals surface area contributed by atoms with Crippen LogP contribution in [0.5, 0.6) is 0 Å². The van der Waals surface area contributed by atoms with Crippen LogP contribution in [0.4, 0.5) is 0 Å². The first kappa shape index (κ1) is 21.0. The van der Waals surface area contributed by atoms with Gasteiger partial charge >= 0.3 is 0 Å². The number of hydrogen-bond donors (Lipinski definition) is 3. The second kappa shape index (κ2) is 10.1. The molecule has 1 aromatic heterocycles. The Bertz CT molecular complexity index is 800. The maximum absolute atomic E-state index is 12.4. The predicted octanol–water partition coefficient (Wildman–Crippen LogP) is 1.99. The summed E-state index contributed by atoms with van der Waals surface area (Å²) in [6, 6.07) is 12.7. The van der Waals surface area contributed by atoms with Crippen molar-refractivity contribution in [1.29, 1.82) is 0 Å². The third-order valence-electron chi connectivity index (χ3n) is 5.13. The number of amides is 2. The number of aliphatic hydroxyl groups is 1. The minimum absolute atomic E-state index is 0.0903. The lowest BCUT2D eigenvalue weighted by atomic mass is 9.96. The van der Waals surface area contributed by atoms with E-state index >= 15 is 0 Å². The number of nitrogens with zero attached hydrogens (tertiary/aromatic N) is 1. The van der Waals surface area contributed by atoms with E-state index in [0.29, 0.717) is 18.4 Å². The highest BCUT2D eigenvalue weighted by Gasteiger charge is 2.33. The zero-order valence-electron chi connectivity index (χ0n) is 16.5. The summed E-state index contributed by atoms with van der Waals surface area (Å²) in [6.07, 6.45) is 3.73. The molecule has 0 radical (unpaired) electrons. The van der Waals surface area contributed by atoms with E-state index in [0.717, 1.165) is 5.56 Å². The second-order valence-electron chi connectivity index (χ2n) is 7.28. The quantitative estimate of drug-likeness (QED) is 0.663. The van der Waals surface area contributed by atoms with E-state index < -0.39 is 6.10 Å². The number of carbonyl (C=O) groups excluding carboxylic acids is 2. The highest BCUT2D eigenvalue weighted by atomic mass is 16.5. The van der Waals surface area contributed by atoms with Gasteiger partial charge in [-0.15, -0.1) is 0 Å². The van der Waals surface area contributed by atoms with Gasteiger partial charge in [-0.25, -0.2) is 0 Å². The first-order valence-corrected chi connectivity index (χ1v) is 9.88. The Morgan fingerprint density at radius 1 is 1.21 bits per heavy atom. The zero-order chi connectivity index (χ0) is 20.6. The number of rotatable bonds is 7. The average Bonchev–Trinajstić information content (AvgIpc) is 2.75. The molecule has 0 spiro atoms. The van der Waals surface area contributed by atoms with Crippen LogP contribution in [0.3, 0.4) is 0 Å². The molecule has 1 aliphatic rings. The third-order valence-corrected chi connectivity index (χ3v) is 5.13. The molecule has 2 amide bonds. The SMILES string of the molecule is C[C@H](NC(=O)C[C@H]1CC[C@H](NC(=O)c2cccnc2)[C@H](CO)O1)c1ccccc1. The van der Waals surface area contributed by atoms with Gasteiger partial charge in [-0.3, -0.25) is 14.6 Å². The standard InChI is InChI=1S/C22H27N3O4/c1-15(16-6-3-2-4-7-16)24-21(27)12-18-9-10-19(20(14-26)29-18)25-22(28)17-8-5-11-23-13-17/h2-8,11,13,15,18-20,26H,9-10,12,14H2,1H3,(H,24,27)(H,25,28)/t15-,18+,19-,20-/m0/s1. The predicted molar refractivity (Wildman–Crippen MR) is 108 cm³/mol. The van der Waals surface area contributed by atoms with Crippen LogP contribution in [0.1, 0.15) is 48.1 Å². The molecule has 0 bridgehead atoms. The van der Waals surface area contributed by atoms with Gasteiger partial charge in [0.05, 0.1) is 36.8 Å². The normalized spacial score (nSPS) is 22.5. The van der Waals surface area contributed by atoms with Crippen molar-refractivity contribution in [2.75, 3.05) is 6.61 Å². The molecular weight excluding hydrogens is 370 g/mol. The lowest BCUT2D eigenvalue weighted by Gasteiger charge is -2.36. The summed E-state index contributed by atoms with van der Waals surface area (Å²) in [4.78, 5) is 28.7. The van der Waals surface area contributed by atoms with E-state index in [1.807, 2.05) is 37.3 Å². The number of benzene rings is 1. The van der Waals surface area contributed by atoms with Gasteiger partial charge in [0.15, 0.2) is 0 Å². The molecule has 1 aliphatic heterocycles. The summed E-state index contributed by atoms with van der Waals surface area (Å²) in [6.45, 7) is 1.71. The fourth-order valence-corrected chi connectivity index (χ4v) is 3.53. The van der Waals surface area contributed by atoms with Gasteiger partial charge in [-0.05, 0) is 37.5 Å². The first-order valence-electron chi connectivity index (χ1n) is 9.88. The molecule has 1 saturated heterocycles. The summed E-state index contributed by atoms with van der Waals surface area (Å²) >= 11 is 0. The second-order valence-corrected chi connectivity index (χ2v) is 7.28. The van der Waals surface area contributed by atoms with Gasteiger partial charge in [-0.2, -0.15) is 0 Å². The van der Waals surface area contributed by atoms with Crippen molar-refractivity contribution in [2.24, 2.45) is 0 Å². The molecule has 2 aromatic rings. The summed E-state index contributed by atoms with van der Waals surface area (Å²) in [5.41, 5.74) is 1.50. The van der Waals surface area contributed by atoms with Crippen molar-refractivity contribution >= 4 is 11.8 Å². The van der Waals surface area contributed by atoms with E-state index in [1.165, 1.54) is 6.20 Å². The zero-order valence-corrected chi connectivity index (χ0v) is 16.5. The van der Waals surface area contributed by atoms with E-state index in [9.17, 15) is 14.7 Å². The number of hydrogen-bond acceptors (Lipinski definition) is 5. The monoisotopic (exact) mass is 397 g/mol. The minimum atomic E-state index is -0.547. The molecule has 3 rings (SSSR count). The van der Waals surface area contributed by atoms with E-state index in [2.05, 4.69) is 15.6 Å². The highest BCUT2D eigenvalue weighted by molar-refractivity contribution is 5.94. The molecule has 3 N–H and O–H groups in total. The van der Waals surface area contributed by atoms with E-state index in [1.54, 1.807) is 18.3 Å². The molecule has 29 heavy (non-hydrogen) atoms. The van der Waals surface area contributed by atoms with Crippen LogP contribution < -0.4 is 10.6 Å². The van der Waals surface area contributed by atoms with Crippen molar-refractivity contribution < 1.29 is 19.4 Å². The Labute approximate surface area is 170 Å². The maximum Gasteiger partial charge on any atom is 0.253 e. The van der Waals surface area contributed by atoms with Crippen molar-refractivity contribution in [1.82, 2.24) is 15.6 Å². The molecule has 0 unspecified atom stereocenters. The van der Waals surface area contributed by atoms with Gasteiger partial charge in [0.2, 0.25) is 5.91 Å². The van der Waals surface area contributed by atoms with Crippen molar-refractivity contribution in [3.63, 3.8) is 0 Å². The Morgan fingerprint density at radius 2 is 2.00 bits per heavy atom. The lowest BCUT2D eigenvalue weighted by Crippen LogP contribution is -2.51. The first-order chi connectivity index (χ1) is 14.1. The Morgan fingerprint density at radius 3 is 2.69 bits per heavy atom. The number of aromatic nitrogens is 1. The molecule has 4 atom stereocenters. The van der Waals surface area contributed by atoms with Crippen LogP contribution in [0.15, 0.2) is 54.9 Å². The summed E-state index contributed by atoms with van der Waals surface area (Å²) in [5, 5.41) is 15.6. The van der Waals surface area contributed by atoms with Crippen molar-refractivity contribution in [3.05, 3.63) is 66.0 Å². The van der Waals surface area contributed by atoms with Gasteiger partial charge in [-0.1, -0.05) is 30.3 Å². The van der Waals surface area contributed by atoms with Crippen molar-refractivity contribution in [3.8, 4) is 0 Å². The average molecular weight is 397 g/mol. The molecule has 0 saturated carbocycles. The van der Waals surface area contributed by atoms with Crippen LogP contribution in [0.25, 0.3) is 0 Å². The number of aliphatic hydroxyl groups excluding tert-OH is 1. The maximum atomic E-state index is 12.4. The number of nitrogens with one attached hydrogen (secondary N) is 2. The summed E-state index contributed by atoms with van der Waals surface area (Å²) in [7, 11) is 0. The minimum Gasteiger partial charge on any atom is -0.394 e. The molecule has 1 aromatic carbocycles. The van der Waals surface area contributed by atoms with Gasteiger partial charge in [0.25, 0.3) is 5.91 Å². The summed E-state index contributed by atoms with van der Waals surface area (Å²) in [5.74, 6) is -0.348. The molecular formula is C22H27N3O4. The summed E-state index contributed by atoms with van der Waals surface area (Å²) < 4.78 is 5.90. The fourth-order valence-electron chi connectivity index (χ4n) is 3.53. The topological polar surface area (TPSA) is 101 Å². The number of carbonyl (C=O) groups is 2. The van der Waals surface area contributed by atoms with Crippen LogP contribution in [0.2, 0.25) is 0 Å². The van der Waals surface area contributed by atoms with Crippen LogP contribution in [0, 0.1) is 0 Å². The molecule has 1 fully saturated rings. The molecule has 2 heterocycles. The highest BCUT2D eigenvalue weighted by Crippen LogP contribution is 2.23.